The summed E-state index contributed by atoms with van der Waals surface area (Å²) in [6.45, 7) is 4.15. The molecule has 0 aromatic heterocycles. The molecule has 0 aliphatic carbocycles. The topological polar surface area (TPSA) is 35.5 Å². The predicted octanol–water partition coefficient (Wildman–Crippen LogP) is 3.57. The van der Waals surface area contributed by atoms with E-state index >= 15 is 0 Å². The summed E-state index contributed by atoms with van der Waals surface area (Å²) < 4.78 is 10.2. The number of carbonyl (C=O) groups excluding carboxylic acids is 1. The van der Waals surface area contributed by atoms with Crippen LogP contribution in [0.3, 0.4) is 0 Å². The lowest BCUT2D eigenvalue weighted by atomic mass is 10.2. The van der Waals surface area contributed by atoms with Crippen molar-refractivity contribution in [3.63, 3.8) is 0 Å². The molecule has 0 saturated heterocycles. The van der Waals surface area contributed by atoms with E-state index in [4.69, 9.17) is 32.7 Å². The second kappa shape index (κ2) is 6.72. The summed E-state index contributed by atoms with van der Waals surface area (Å²) in [6.07, 6.45) is 0. The minimum atomic E-state index is -0.412. The van der Waals surface area contributed by atoms with Gasteiger partial charge in [-0.2, -0.15) is 0 Å². The van der Waals surface area contributed by atoms with Gasteiger partial charge in [-0.05, 0) is 24.1 Å². The average molecular weight is 277 g/mol. The van der Waals surface area contributed by atoms with Gasteiger partial charge in [0.15, 0.2) is 6.61 Å². The molecular weight excluding hydrogens is 263 g/mol. The third kappa shape index (κ3) is 5.29. The lowest BCUT2D eigenvalue weighted by Crippen LogP contribution is -2.17. The van der Waals surface area contributed by atoms with Gasteiger partial charge in [-0.25, -0.2) is 4.79 Å². The van der Waals surface area contributed by atoms with Gasteiger partial charge in [0.1, 0.15) is 5.75 Å². The van der Waals surface area contributed by atoms with Crippen molar-refractivity contribution < 1.29 is 14.3 Å². The lowest BCUT2D eigenvalue weighted by Gasteiger charge is -2.09. The molecule has 17 heavy (non-hydrogen) atoms. The number of ether oxygens (including phenoxy) is 2. The summed E-state index contributed by atoms with van der Waals surface area (Å²) in [5.41, 5.74) is 0. The first kappa shape index (κ1) is 14.1. The SMILES string of the molecule is CC(C)COC(=O)COc1ccc(Cl)cc1Cl. The minimum absolute atomic E-state index is 0.159. The van der Waals surface area contributed by atoms with E-state index in [1.165, 1.54) is 0 Å². The maximum atomic E-state index is 11.3. The molecule has 0 aliphatic rings. The number of benzene rings is 1. The summed E-state index contributed by atoms with van der Waals surface area (Å²) in [7, 11) is 0. The molecule has 0 heterocycles. The molecule has 0 spiro atoms. The van der Waals surface area contributed by atoms with Gasteiger partial charge in [0.25, 0.3) is 0 Å². The number of esters is 1. The van der Waals surface area contributed by atoms with E-state index in [-0.39, 0.29) is 6.61 Å². The van der Waals surface area contributed by atoms with Crippen molar-refractivity contribution in [3.8, 4) is 5.75 Å². The largest absolute Gasteiger partial charge is 0.480 e. The van der Waals surface area contributed by atoms with E-state index in [9.17, 15) is 4.79 Å². The highest BCUT2D eigenvalue weighted by Crippen LogP contribution is 2.27. The molecule has 0 fully saturated rings. The Hall–Kier alpha value is -0.930. The summed E-state index contributed by atoms with van der Waals surface area (Å²) in [4.78, 5) is 11.3. The number of rotatable bonds is 5. The van der Waals surface area contributed by atoms with Gasteiger partial charge in [0.05, 0.1) is 11.6 Å². The molecular formula is C12H14Cl2O3. The van der Waals surface area contributed by atoms with Crippen molar-refractivity contribution in [3.05, 3.63) is 28.2 Å². The Morgan fingerprint density at radius 2 is 2.06 bits per heavy atom. The standard InChI is InChI=1S/C12H14Cl2O3/c1-8(2)6-17-12(15)7-16-11-4-3-9(13)5-10(11)14/h3-5,8H,6-7H2,1-2H3. The van der Waals surface area contributed by atoms with Gasteiger partial charge in [0.2, 0.25) is 0 Å². The number of halogens is 2. The minimum Gasteiger partial charge on any atom is -0.480 e. The molecule has 1 aromatic rings. The maximum absolute atomic E-state index is 11.3. The predicted molar refractivity (Wildman–Crippen MR) is 67.8 cm³/mol. The Morgan fingerprint density at radius 3 is 2.65 bits per heavy atom. The van der Waals surface area contributed by atoms with Crippen LogP contribution >= 0.6 is 23.2 Å². The molecule has 0 saturated carbocycles. The highest BCUT2D eigenvalue weighted by Gasteiger charge is 2.08. The van der Waals surface area contributed by atoms with Crippen molar-refractivity contribution >= 4 is 29.2 Å². The van der Waals surface area contributed by atoms with Crippen LogP contribution < -0.4 is 4.74 Å². The molecule has 94 valence electrons. The first-order valence-electron chi connectivity index (χ1n) is 5.22. The van der Waals surface area contributed by atoms with Crippen LogP contribution in [0.2, 0.25) is 10.0 Å². The lowest BCUT2D eigenvalue weighted by molar-refractivity contribution is -0.147. The van der Waals surface area contributed by atoms with Crippen molar-refractivity contribution in [2.45, 2.75) is 13.8 Å². The Kier molecular flexibility index (Phi) is 5.59. The quantitative estimate of drug-likeness (QED) is 0.772. The number of hydrogen-bond donors (Lipinski definition) is 0. The van der Waals surface area contributed by atoms with Crippen molar-refractivity contribution in [1.29, 1.82) is 0 Å². The monoisotopic (exact) mass is 276 g/mol. The van der Waals surface area contributed by atoms with Crippen LogP contribution in [0.15, 0.2) is 18.2 Å². The van der Waals surface area contributed by atoms with Gasteiger partial charge in [-0.15, -0.1) is 0 Å². The molecule has 0 aliphatic heterocycles. The molecule has 0 bridgehead atoms. The summed E-state index contributed by atoms with van der Waals surface area (Å²) >= 11 is 11.6. The fourth-order valence-electron chi connectivity index (χ4n) is 1.03. The molecule has 1 aromatic carbocycles. The molecule has 1 rings (SSSR count). The fourth-order valence-corrected chi connectivity index (χ4v) is 1.49. The van der Waals surface area contributed by atoms with Crippen LogP contribution in [0.5, 0.6) is 5.75 Å². The second-order valence-corrected chi connectivity index (χ2v) is 4.78. The zero-order valence-electron chi connectivity index (χ0n) is 9.70. The summed E-state index contributed by atoms with van der Waals surface area (Å²) in [5.74, 6) is 0.306. The fraction of sp³-hybridized carbons (Fsp3) is 0.417. The van der Waals surface area contributed by atoms with Crippen LogP contribution in [0.25, 0.3) is 0 Å². The molecule has 0 atom stereocenters. The van der Waals surface area contributed by atoms with Crippen LogP contribution in [0.4, 0.5) is 0 Å². The van der Waals surface area contributed by atoms with Crippen molar-refractivity contribution in [2.75, 3.05) is 13.2 Å². The highest BCUT2D eigenvalue weighted by atomic mass is 35.5. The van der Waals surface area contributed by atoms with Gasteiger partial charge in [-0.1, -0.05) is 37.0 Å². The van der Waals surface area contributed by atoms with Crippen LogP contribution in [0.1, 0.15) is 13.8 Å². The Balaban J connectivity index is 2.42. The van der Waals surface area contributed by atoms with Crippen molar-refractivity contribution in [1.82, 2.24) is 0 Å². The highest BCUT2D eigenvalue weighted by molar-refractivity contribution is 6.35. The summed E-state index contributed by atoms with van der Waals surface area (Å²) in [5, 5.41) is 0.888. The first-order chi connectivity index (χ1) is 7.99. The van der Waals surface area contributed by atoms with Gasteiger partial charge >= 0.3 is 5.97 Å². The maximum Gasteiger partial charge on any atom is 0.344 e. The van der Waals surface area contributed by atoms with Gasteiger partial charge in [0, 0.05) is 5.02 Å². The third-order valence-electron chi connectivity index (χ3n) is 1.82. The molecule has 0 N–H and O–H groups in total. The van der Waals surface area contributed by atoms with E-state index in [0.717, 1.165) is 0 Å². The molecule has 3 nitrogen and oxygen atoms in total. The zero-order chi connectivity index (χ0) is 12.8. The third-order valence-corrected chi connectivity index (χ3v) is 2.35. The van der Waals surface area contributed by atoms with E-state index < -0.39 is 5.97 Å². The Bertz CT molecular complexity index is 391. The van der Waals surface area contributed by atoms with Gasteiger partial charge in [-0.3, -0.25) is 0 Å². The average Bonchev–Trinajstić information content (AvgIpc) is 2.25. The first-order valence-corrected chi connectivity index (χ1v) is 5.98. The Labute approximate surface area is 111 Å². The van der Waals surface area contributed by atoms with Crippen LogP contribution in [0, 0.1) is 5.92 Å². The van der Waals surface area contributed by atoms with Crippen LogP contribution in [-0.2, 0) is 9.53 Å². The van der Waals surface area contributed by atoms with E-state index in [0.29, 0.717) is 28.3 Å². The smallest absolute Gasteiger partial charge is 0.344 e. The Morgan fingerprint density at radius 1 is 1.35 bits per heavy atom. The molecule has 5 heteroatoms. The summed E-state index contributed by atoms with van der Waals surface area (Å²) in [6, 6.07) is 4.81. The number of carbonyl (C=O) groups is 1. The molecule has 0 radical (unpaired) electrons. The van der Waals surface area contributed by atoms with E-state index in [1.54, 1.807) is 18.2 Å². The second-order valence-electron chi connectivity index (χ2n) is 3.94. The molecule has 0 unspecified atom stereocenters. The van der Waals surface area contributed by atoms with Gasteiger partial charge < -0.3 is 9.47 Å². The van der Waals surface area contributed by atoms with Crippen LogP contribution in [-0.4, -0.2) is 19.2 Å². The molecule has 0 amide bonds. The van der Waals surface area contributed by atoms with Crippen molar-refractivity contribution in [2.24, 2.45) is 5.92 Å². The van der Waals surface area contributed by atoms with E-state index in [1.807, 2.05) is 13.8 Å². The zero-order valence-corrected chi connectivity index (χ0v) is 11.2. The number of hydrogen-bond acceptors (Lipinski definition) is 3. The van der Waals surface area contributed by atoms with E-state index in [2.05, 4.69) is 0 Å². The normalized spacial score (nSPS) is 10.4.